The first-order chi connectivity index (χ1) is 15.2. The first-order valence-electron chi connectivity index (χ1n) is 12.0. The van der Waals surface area contributed by atoms with Crippen LogP contribution in [0.15, 0.2) is 48.5 Å². The number of amides is 1. The predicted molar refractivity (Wildman–Crippen MR) is 127 cm³/mol. The van der Waals surface area contributed by atoms with Gasteiger partial charge in [0.1, 0.15) is 5.75 Å². The highest BCUT2D eigenvalue weighted by molar-refractivity contribution is 5.99. The summed E-state index contributed by atoms with van der Waals surface area (Å²) in [5.74, 6) is 0.983. The highest BCUT2D eigenvalue weighted by atomic mass is 16.5. The first-order valence-corrected chi connectivity index (χ1v) is 12.0. The number of hydrogen-bond acceptors (Lipinski definition) is 3. The lowest BCUT2D eigenvalue weighted by Crippen LogP contribution is -2.38. The number of piperidine rings is 1. The monoisotopic (exact) mass is 420 g/mol. The van der Waals surface area contributed by atoms with Crippen molar-refractivity contribution in [1.82, 2.24) is 4.90 Å². The maximum Gasteiger partial charge on any atom is 0.235 e. The minimum atomic E-state index is -0.407. The average molecular weight is 421 g/mol. The van der Waals surface area contributed by atoms with E-state index in [1.165, 1.54) is 37.9 Å². The molecule has 1 heterocycles. The second kappa shape index (κ2) is 10.3. The van der Waals surface area contributed by atoms with Crippen molar-refractivity contribution < 1.29 is 9.53 Å². The molecule has 2 fully saturated rings. The van der Waals surface area contributed by atoms with Crippen molar-refractivity contribution in [2.75, 3.05) is 31.6 Å². The predicted octanol–water partition coefficient (Wildman–Crippen LogP) is 5.70. The van der Waals surface area contributed by atoms with E-state index in [2.05, 4.69) is 41.4 Å². The van der Waals surface area contributed by atoms with Crippen LogP contribution in [0.1, 0.15) is 62.5 Å². The van der Waals surface area contributed by atoms with Gasteiger partial charge in [-0.2, -0.15) is 0 Å². The van der Waals surface area contributed by atoms with Gasteiger partial charge in [-0.25, -0.2) is 0 Å². The second-order valence-electron chi connectivity index (χ2n) is 9.24. The fourth-order valence-corrected chi connectivity index (χ4v) is 5.11. The van der Waals surface area contributed by atoms with Gasteiger partial charge in [0.05, 0.1) is 12.0 Å². The van der Waals surface area contributed by atoms with Crippen molar-refractivity contribution in [2.24, 2.45) is 0 Å². The van der Waals surface area contributed by atoms with E-state index in [1.54, 1.807) is 0 Å². The van der Waals surface area contributed by atoms with Crippen molar-refractivity contribution in [1.29, 1.82) is 0 Å². The zero-order valence-electron chi connectivity index (χ0n) is 18.9. The Labute approximate surface area is 187 Å². The fraction of sp³-hybridized carbons (Fsp3) is 0.519. The quantitative estimate of drug-likeness (QED) is 0.557. The zero-order valence-corrected chi connectivity index (χ0v) is 18.9. The molecule has 0 radical (unpaired) electrons. The van der Waals surface area contributed by atoms with Crippen molar-refractivity contribution in [2.45, 2.75) is 63.7 Å². The van der Waals surface area contributed by atoms with E-state index in [0.29, 0.717) is 0 Å². The smallest absolute Gasteiger partial charge is 0.235 e. The molecular weight excluding hydrogens is 384 g/mol. The Kier molecular flexibility index (Phi) is 7.29. The minimum Gasteiger partial charge on any atom is -0.494 e. The highest BCUT2D eigenvalue weighted by Gasteiger charge is 2.42. The summed E-state index contributed by atoms with van der Waals surface area (Å²) in [6.07, 6.45) is 9.13. The first kappa shape index (κ1) is 21.9. The number of hydrogen-bond donors (Lipinski definition) is 1. The third kappa shape index (κ3) is 5.48. The van der Waals surface area contributed by atoms with E-state index >= 15 is 0 Å². The highest BCUT2D eigenvalue weighted by Crippen LogP contribution is 2.42. The number of carbonyl (C=O) groups is 1. The number of rotatable bonds is 8. The number of carbonyl (C=O) groups excluding carboxylic acids is 1. The van der Waals surface area contributed by atoms with Crippen molar-refractivity contribution >= 4 is 11.6 Å². The van der Waals surface area contributed by atoms with Gasteiger partial charge in [0.25, 0.3) is 0 Å². The van der Waals surface area contributed by atoms with Crippen molar-refractivity contribution in [3.05, 3.63) is 59.7 Å². The number of aryl methyl sites for hydroxylation is 1. The fourth-order valence-electron chi connectivity index (χ4n) is 5.11. The summed E-state index contributed by atoms with van der Waals surface area (Å²) in [6.45, 7) is 6.42. The van der Waals surface area contributed by atoms with Crippen LogP contribution in [0.5, 0.6) is 5.75 Å². The number of nitrogens with one attached hydrogen (secondary N) is 1. The Hall–Kier alpha value is -2.33. The van der Waals surface area contributed by atoms with Crippen LogP contribution >= 0.6 is 0 Å². The maximum absolute atomic E-state index is 13.3. The van der Waals surface area contributed by atoms with Crippen molar-refractivity contribution in [3.63, 3.8) is 0 Å². The van der Waals surface area contributed by atoms with Gasteiger partial charge in [0.15, 0.2) is 0 Å². The molecule has 1 aliphatic heterocycles. The molecule has 166 valence electrons. The minimum absolute atomic E-state index is 0.116. The lowest BCUT2D eigenvalue weighted by molar-refractivity contribution is -0.121. The van der Waals surface area contributed by atoms with Crippen LogP contribution < -0.4 is 10.1 Å². The molecule has 4 nitrogen and oxygen atoms in total. The second-order valence-corrected chi connectivity index (χ2v) is 9.24. The summed E-state index contributed by atoms with van der Waals surface area (Å²) in [7, 11) is 0. The molecule has 1 saturated heterocycles. The topological polar surface area (TPSA) is 41.6 Å². The van der Waals surface area contributed by atoms with E-state index < -0.39 is 5.41 Å². The molecule has 4 rings (SSSR count). The van der Waals surface area contributed by atoms with Crippen LogP contribution in [0.4, 0.5) is 5.69 Å². The van der Waals surface area contributed by atoms with Gasteiger partial charge in [-0.05, 0) is 81.9 Å². The molecule has 1 aliphatic carbocycles. The molecule has 4 heteroatoms. The van der Waals surface area contributed by atoms with Crippen LogP contribution in [-0.4, -0.2) is 37.0 Å². The summed E-state index contributed by atoms with van der Waals surface area (Å²) < 4.78 is 5.92. The molecule has 0 unspecified atom stereocenters. The van der Waals surface area contributed by atoms with E-state index in [-0.39, 0.29) is 5.91 Å². The van der Waals surface area contributed by atoms with Gasteiger partial charge in [0, 0.05) is 12.2 Å². The van der Waals surface area contributed by atoms with Crippen LogP contribution in [0.3, 0.4) is 0 Å². The van der Waals surface area contributed by atoms with Gasteiger partial charge in [-0.15, -0.1) is 0 Å². The van der Waals surface area contributed by atoms with Crippen LogP contribution in [0, 0.1) is 6.92 Å². The Morgan fingerprint density at radius 3 is 2.45 bits per heavy atom. The summed E-state index contributed by atoms with van der Waals surface area (Å²) in [5, 5.41) is 3.18. The molecule has 2 aliphatic rings. The summed E-state index contributed by atoms with van der Waals surface area (Å²) >= 11 is 0. The Morgan fingerprint density at radius 1 is 1.00 bits per heavy atom. The lowest BCUT2D eigenvalue weighted by Gasteiger charge is -2.28. The Morgan fingerprint density at radius 2 is 1.74 bits per heavy atom. The van der Waals surface area contributed by atoms with Gasteiger partial charge < -0.3 is 15.0 Å². The summed E-state index contributed by atoms with van der Waals surface area (Å²) in [4.78, 5) is 15.9. The van der Waals surface area contributed by atoms with Gasteiger partial charge in [-0.1, -0.05) is 49.1 Å². The molecule has 31 heavy (non-hydrogen) atoms. The lowest BCUT2D eigenvalue weighted by atomic mass is 9.77. The van der Waals surface area contributed by atoms with E-state index in [9.17, 15) is 4.79 Å². The Balaban J connectivity index is 1.31. The number of nitrogens with zero attached hydrogens (tertiary/aromatic N) is 1. The van der Waals surface area contributed by atoms with Crippen LogP contribution in [-0.2, 0) is 10.2 Å². The van der Waals surface area contributed by atoms with Crippen LogP contribution in [0.2, 0.25) is 0 Å². The normalized spacial score (nSPS) is 18.6. The largest absolute Gasteiger partial charge is 0.494 e. The number of benzene rings is 2. The molecule has 2 aromatic carbocycles. The van der Waals surface area contributed by atoms with Gasteiger partial charge >= 0.3 is 0 Å². The van der Waals surface area contributed by atoms with Gasteiger partial charge in [0.2, 0.25) is 5.91 Å². The van der Waals surface area contributed by atoms with E-state index in [0.717, 1.165) is 62.3 Å². The third-order valence-corrected chi connectivity index (χ3v) is 6.91. The molecule has 0 aromatic heterocycles. The van der Waals surface area contributed by atoms with E-state index in [1.807, 2.05) is 24.3 Å². The van der Waals surface area contributed by atoms with Crippen molar-refractivity contribution in [3.8, 4) is 5.75 Å². The zero-order chi connectivity index (χ0) is 21.5. The van der Waals surface area contributed by atoms with Gasteiger partial charge in [-0.3, -0.25) is 4.79 Å². The van der Waals surface area contributed by atoms with Crippen LogP contribution in [0.25, 0.3) is 0 Å². The molecule has 1 N–H and O–H groups in total. The number of ether oxygens (including phenoxy) is 1. The standard InChI is InChI=1S/C27H36N2O2/c1-22-9-7-10-23(21-22)27(15-3-4-16-27)26(30)28-24-11-13-25(14-12-24)31-20-8-19-29-17-5-2-6-18-29/h7,9-14,21H,2-6,8,15-20H2,1H3,(H,28,30). The molecule has 1 amide bonds. The molecule has 2 aromatic rings. The molecule has 0 bridgehead atoms. The maximum atomic E-state index is 13.3. The molecule has 0 spiro atoms. The third-order valence-electron chi connectivity index (χ3n) is 6.91. The SMILES string of the molecule is Cc1cccc(C2(C(=O)Nc3ccc(OCCCN4CCCCC4)cc3)CCCC2)c1. The number of likely N-dealkylation sites (tertiary alicyclic amines) is 1. The summed E-state index contributed by atoms with van der Waals surface area (Å²) in [5.41, 5.74) is 2.79. The average Bonchev–Trinajstić information content (AvgIpc) is 3.30. The van der Waals surface area contributed by atoms with E-state index in [4.69, 9.17) is 4.74 Å². The number of anilines is 1. The molecule has 0 atom stereocenters. The summed E-state index contributed by atoms with van der Waals surface area (Å²) in [6, 6.07) is 16.3. The Bertz CT molecular complexity index is 850. The molecular formula is C27H36N2O2. The molecule has 1 saturated carbocycles.